The van der Waals surface area contributed by atoms with Gasteiger partial charge in [0.2, 0.25) is 0 Å². The summed E-state index contributed by atoms with van der Waals surface area (Å²) < 4.78 is 9.87. The number of benzene rings is 1. The summed E-state index contributed by atoms with van der Waals surface area (Å²) in [6.45, 7) is 3.57. The van der Waals surface area contributed by atoms with Gasteiger partial charge in [0.1, 0.15) is 11.4 Å². The van der Waals surface area contributed by atoms with E-state index in [1.165, 1.54) is 7.11 Å². The van der Waals surface area contributed by atoms with Gasteiger partial charge in [0.15, 0.2) is 0 Å². The summed E-state index contributed by atoms with van der Waals surface area (Å²) >= 11 is 0. The lowest BCUT2D eigenvalue weighted by atomic mass is 9.95. The largest absolute Gasteiger partial charge is 0.496 e. The fraction of sp³-hybridized carbons (Fsp3) is 0.417. The molecule has 0 aliphatic rings. The number of carbonyl (C=O) groups is 1. The molecule has 1 rings (SSSR count). The van der Waals surface area contributed by atoms with Gasteiger partial charge in [-0.1, -0.05) is 0 Å². The lowest BCUT2D eigenvalue weighted by Crippen LogP contribution is -2.26. The Hall–Kier alpha value is -1.59. The second kappa shape index (κ2) is 5.16. The molecule has 0 radical (unpaired) electrons. The van der Waals surface area contributed by atoms with Crippen LogP contribution >= 0.6 is 0 Å². The Morgan fingerprint density at radius 2 is 1.94 bits per heavy atom. The van der Waals surface area contributed by atoms with Crippen molar-refractivity contribution in [1.29, 1.82) is 0 Å². The van der Waals surface area contributed by atoms with E-state index >= 15 is 0 Å². The number of rotatable bonds is 4. The van der Waals surface area contributed by atoms with Crippen molar-refractivity contribution in [3.63, 3.8) is 0 Å². The van der Waals surface area contributed by atoms with Crippen molar-refractivity contribution in [1.82, 2.24) is 0 Å². The van der Waals surface area contributed by atoms with Gasteiger partial charge in [-0.25, -0.2) is 10.7 Å². The molecule has 0 bridgehead atoms. The van der Waals surface area contributed by atoms with Crippen LogP contribution in [0, 0.1) is 0 Å². The highest BCUT2D eigenvalue weighted by Gasteiger charge is 2.26. The molecule has 1 aromatic carbocycles. The van der Waals surface area contributed by atoms with E-state index in [0.717, 1.165) is 0 Å². The monoisotopic (exact) mass is 239 g/mol. The smallest absolute Gasteiger partial charge is 0.337 e. The zero-order chi connectivity index (χ0) is 13.1. The van der Waals surface area contributed by atoms with Crippen LogP contribution in [0.25, 0.3) is 0 Å². The van der Waals surface area contributed by atoms with Crippen molar-refractivity contribution >= 4 is 5.97 Å². The van der Waals surface area contributed by atoms with Crippen molar-refractivity contribution in [3.8, 4) is 5.75 Å². The molecule has 0 unspecified atom stereocenters. The van der Waals surface area contributed by atoms with Gasteiger partial charge in [0, 0.05) is 5.56 Å². The number of carbonyl (C=O) groups excluding carboxylic acids is 1. The number of methoxy groups -OCH3 is 2. The van der Waals surface area contributed by atoms with Gasteiger partial charge in [-0.3, -0.25) is 4.84 Å². The Labute approximate surface area is 100 Å². The number of esters is 1. The minimum Gasteiger partial charge on any atom is -0.496 e. The summed E-state index contributed by atoms with van der Waals surface area (Å²) in [4.78, 5) is 16.3. The van der Waals surface area contributed by atoms with Crippen molar-refractivity contribution in [2.24, 2.45) is 5.90 Å². The molecule has 94 valence electrons. The van der Waals surface area contributed by atoms with E-state index < -0.39 is 11.6 Å². The lowest BCUT2D eigenvalue weighted by molar-refractivity contribution is -0.0251. The Morgan fingerprint density at radius 1 is 1.29 bits per heavy atom. The van der Waals surface area contributed by atoms with E-state index in [-0.39, 0.29) is 0 Å². The first-order valence-electron chi connectivity index (χ1n) is 5.11. The van der Waals surface area contributed by atoms with Gasteiger partial charge in [-0.05, 0) is 32.0 Å². The fourth-order valence-electron chi connectivity index (χ4n) is 1.49. The first-order valence-corrected chi connectivity index (χ1v) is 5.11. The first kappa shape index (κ1) is 13.5. The van der Waals surface area contributed by atoms with Crippen molar-refractivity contribution in [2.75, 3.05) is 14.2 Å². The molecule has 17 heavy (non-hydrogen) atoms. The summed E-state index contributed by atoms with van der Waals surface area (Å²) in [5, 5.41) is 0. The zero-order valence-electron chi connectivity index (χ0n) is 10.4. The molecule has 0 spiro atoms. The highest BCUT2D eigenvalue weighted by atomic mass is 16.6. The molecule has 0 saturated carbocycles. The molecule has 0 amide bonds. The van der Waals surface area contributed by atoms with Crippen LogP contribution in [0.3, 0.4) is 0 Å². The minimum atomic E-state index is -0.755. The third-order valence-electron chi connectivity index (χ3n) is 2.56. The van der Waals surface area contributed by atoms with Crippen LogP contribution in [-0.2, 0) is 15.2 Å². The molecular formula is C12H17NO4. The van der Waals surface area contributed by atoms with Gasteiger partial charge in [-0.15, -0.1) is 0 Å². The van der Waals surface area contributed by atoms with Crippen molar-refractivity contribution < 1.29 is 19.1 Å². The maximum absolute atomic E-state index is 11.4. The molecule has 0 saturated heterocycles. The Morgan fingerprint density at radius 3 is 2.41 bits per heavy atom. The summed E-state index contributed by atoms with van der Waals surface area (Å²) in [6, 6.07) is 4.96. The molecule has 2 N–H and O–H groups in total. The predicted octanol–water partition coefficient (Wildman–Crippen LogP) is 1.61. The topological polar surface area (TPSA) is 70.8 Å². The molecule has 0 aliphatic heterocycles. The van der Waals surface area contributed by atoms with Crippen molar-refractivity contribution in [3.05, 3.63) is 29.3 Å². The van der Waals surface area contributed by atoms with Gasteiger partial charge < -0.3 is 9.47 Å². The SMILES string of the molecule is COC(=O)c1ccc(OC)c(C(C)(C)ON)c1. The minimum absolute atomic E-state index is 0.415. The highest BCUT2D eigenvalue weighted by molar-refractivity contribution is 5.89. The Bertz CT molecular complexity index is 415. The molecule has 0 heterocycles. The van der Waals surface area contributed by atoms with Crippen LogP contribution in [-0.4, -0.2) is 20.2 Å². The number of hydrogen-bond donors (Lipinski definition) is 1. The van der Waals surface area contributed by atoms with Crippen LogP contribution in [0.4, 0.5) is 0 Å². The van der Waals surface area contributed by atoms with Crippen LogP contribution in [0.1, 0.15) is 29.8 Å². The van der Waals surface area contributed by atoms with Gasteiger partial charge >= 0.3 is 5.97 Å². The van der Waals surface area contributed by atoms with Gasteiger partial charge in [0.25, 0.3) is 0 Å². The predicted molar refractivity (Wildman–Crippen MR) is 62.6 cm³/mol. The van der Waals surface area contributed by atoms with Crippen LogP contribution in [0.2, 0.25) is 0 Å². The molecule has 0 aromatic heterocycles. The summed E-state index contributed by atoms with van der Waals surface area (Å²) in [6.07, 6.45) is 0. The maximum Gasteiger partial charge on any atom is 0.337 e. The highest BCUT2D eigenvalue weighted by Crippen LogP contribution is 2.32. The molecular weight excluding hydrogens is 222 g/mol. The Balaban J connectivity index is 3.29. The third-order valence-corrected chi connectivity index (χ3v) is 2.56. The van der Waals surface area contributed by atoms with E-state index in [0.29, 0.717) is 16.9 Å². The number of ether oxygens (including phenoxy) is 2. The van der Waals surface area contributed by atoms with E-state index in [1.807, 2.05) is 0 Å². The normalized spacial score (nSPS) is 11.1. The van der Waals surface area contributed by atoms with Crippen LogP contribution < -0.4 is 10.6 Å². The second-order valence-electron chi connectivity index (χ2n) is 4.03. The van der Waals surface area contributed by atoms with Crippen molar-refractivity contribution in [2.45, 2.75) is 19.4 Å². The van der Waals surface area contributed by atoms with E-state index in [4.69, 9.17) is 15.5 Å². The van der Waals surface area contributed by atoms with Crippen LogP contribution in [0.15, 0.2) is 18.2 Å². The average Bonchev–Trinajstić information content (AvgIpc) is 2.36. The average molecular weight is 239 g/mol. The summed E-state index contributed by atoms with van der Waals surface area (Å²) in [7, 11) is 2.88. The first-order chi connectivity index (χ1) is 7.96. The summed E-state index contributed by atoms with van der Waals surface area (Å²) in [5.41, 5.74) is 0.355. The second-order valence-corrected chi connectivity index (χ2v) is 4.03. The molecule has 1 aromatic rings. The molecule has 5 nitrogen and oxygen atoms in total. The quantitative estimate of drug-likeness (QED) is 0.638. The third kappa shape index (κ3) is 2.75. The van der Waals surface area contributed by atoms with Gasteiger partial charge in [0.05, 0.1) is 19.8 Å². The molecule has 0 fully saturated rings. The fourth-order valence-corrected chi connectivity index (χ4v) is 1.49. The Kier molecular flexibility index (Phi) is 4.09. The molecule has 5 heteroatoms. The van der Waals surface area contributed by atoms with E-state index in [9.17, 15) is 4.79 Å². The standard InChI is InChI=1S/C12H17NO4/c1-12(2,17-13)9-7-8(11(14)16-4)5-6-10(9)15-3/h5-7H,13H2,1-4H3. The van der Waals surface area contributed by atoms with E-state index in [1.54, 1.807) is 39.2 Å². The summed E-state index contributed by atoms with van der Waals surface area (Å²) in [5.74, 6) is 5.44. The van der Waals surface area contributed by atoms with Crippen LogP contribution in [0.5, 0.6) is 5.75 Å². The number of nitrogens with two attached hydrogens (primary N) is 1. The van der Waals surface area contributed by atoms with E-state index in [2.05, 4.69) is 4.74 Å². The molecule has 0 aliphatic carbocycles. The maximum atomic E-state index is 11.4. The lowest BCUT2D eigenvalue weighted by Gasteiger charge is -2.24. The number of hydrogen-bond acceptors (Lipinski definition) is 5. The van der Waals surface area contributed by atoms with Gasteiger partial charge in [-0.2, -0.15) is 0 Å². The molecule has 0 atom stereocenters. The zero-order valence-corrected chi connectivity index (χ0v) is 10.4.